The minimum absolute atomic E-state index is 0.00245. The normalized spacial score (nSPS) is 20.2. The molecule has 31 heteroatoms. The topological polar surface area (TPSA) is 370 Å². The molecule has 0 saturated carbocycles. The van der Waals surface area contributed by atoms with Gasteiger partial charge in [0.15, 0.2) is 34.5 Å². The fraction of sp³-hybridized carbons (Fsp3) is 0.413. The average molecular weight is 1320 g/mol. The lowest BCUT2D eigenvalue weighted by molar-refractivity contribution is -0.277. The zero-order chi connectivity index (χ0) is 66.2. The van der Waals surface area contributed by atoms with E-state index < -0.39 is 65.1 Å². The molecule has 5 N–H and O–H groups in total. The molecule has 0 unspecified atom stereocenters. The van der Waals surface area contributed by atoms with Crippen molar-refractivity contribution in [1.29, 1.82) is 0 Å². The number of fused-ring (bicyclic) bond motifs is 6. The van der Waals surface area contributed by atoms with Crippen LogP contribution in [0.4, 0.5) is 11.4 Å². The second kappa shape index (κ2) is 29.4. The van der Waals surface area contributed by atoms with Crippen LogP contribution in [0, 0.1) is 0 Å². The minimum Gasteiger partial charge on any atom is -0.493 e. The molecule has 0 radical (unpaired) electrons. The molecular formula is C63H70N10O20S. The summed E-state index contributed by atoms with van der Waals surface area (Å²) in [7, 11) is 1.48. The van der Waals surface area contributed by atoms with Crippen molar-refractivity contribution in [2.75, 3.05) is 73.6 Å². The van der Waals surface area contributed by atoms with Crippen LogP contribution >= 0.6 is 0 Å². The number of aryl methyl sites for hydroxylation is 2. The van der Waals surface area contributed by atoms with Crippen LogP contribution in [0.1, 0.15) is 64.7 Å². The first-order valence-corrected chi connectivity index (χ1v) is 31.3. The number of nitrogens with zero attached hydrogens (tertiary/aromatic N) is 9. The number of carbonyl (C=O) groups is 3. The molecule has 1 fully saturated rings. The predicted octanol–water partition coefficient (Wildman–Crippen LogP) is 4.08. The maximum atomic E-state index is 14.4. The molecule has 6 aromatic rings. The van der Waals surface area contributed by atoms with Gasteiger partial charge in [-0.25, -0.2) is 0 Å². The van der Waals surface area contributed by atoms with Crippen LogP contribution in [0.3, 0.4) is 0 Å². The fourth-order valence-electron chi connectivity index (χ4n) is 11.5. The summed E-state index contributed by atoms with van der Waals surface area (Å²) in [6.45, 7) is 0.861. The van der Waals surface area contributed by atoms with Gasteiger partial charge < -0.3 is 95.7 Å². The second-order valence-electron chi connectivity index (χ2n) is 22.5. The van der Waals surface area contributed by atoms with Crippen LogP contribution in [0.5, 0.6) is 40.2 Å². The van der Waals surface area contributed by atoms with Gasteiger partial charge in [0.1, 0.15) is 43.4 Å². The van der Waals surface area contributed by atoms with Gasteiger partial charge in [-0.2, -0.15) is 0 Å². The number of aromatic nitrogens is 2. The third-order valence-electron chi connectivity index (χ3n) is 16.4. The molecule has 0 spiro atoms. The molecule has 30 nitrogen and oxygen atoms in total. The van der Waals surface area contributed by atoms with Crippen molar-refractivity contribution in [2.45, 2.75) is 81.9 Å². The number of benzene rings is 4. The van der Waals surface area contributed by atoms with Crippen LogP contribution < -0.4 is 37.4 Å². The van der Waals surface area contributed by atoms with Gasteiger partial charge in [-0.3, -0.25) is 24.4 Å². The number of azide groups is 1. The lowest BCUT2D eigenvalue weighted by Crippen LogP contribution is -2.60. The maximum Gasteiger partial charge on any atom is 0.501 e. The number of hydrogen-bond donors (Lipinski definition) is 5. The summed E-state index contributed by atoms with van der Waals surface area (Å²) in [6.07, 6.45) is -0.288. The number of hydrogen-bond acceptors (Lipinski definition) is 23. The van der Waals surface area contributed by atoms with Crippen LogP contribution in [0.25, 0.3) is 10.4 Å². The van der Waals surface area contributed by atoms with Crippen molar-refractivity contribution in [2.24, 2.45) is 29.2 Å². The van der Waals surface area contributed by atoms with E-state index in [-0.39, 0.29) is 124 Å². The maximum absolute atomic E-state index is 14.4. The SMILES string of the molecule is COc1cc2c(cc1OCc1cc(COc3cc4c(cc3OC)C(=O)N3Cc5ccn(C)c5C[C@H]3C=N4)cc(OS(=O)(=O)Oc3cc(C(=O)NCCOCCOCCOCCN=[N+]=[N-])ccc3O[C@@H]3O[C@H](CO)[C@H](O)[C@H](O)[C@H]3O)c1)N=C[C@@H]1Cc3c(ccn3C)CN1C2=O. The molecule has 0 bridgehead atoms. The average Bonchev–Trinajstić information content (AvgIpc) is 1.56. The first kappa shape index (κ1) is 66.2. The number of aliphatic hydroxyl groups is 4. The Bertz CT molecular complexity index is 3850. The first-order chi connectivity index (χ1) is 45.4. The molecule has 5 aliphatic rings. The third kappa shape index (κ3) is 14.9. The number of aliphatic imine (C=N–C) groups is 2. The Labute approximate surface area is 539 Å². The molecule has 7 atom stereocenters. The van der Waals surface area contributed by atoms with Gasteiger partial charge in [-0.15, -0.1) is 8.42 Å². The van der Waals surface area contributed by atoms with Gasteiger partial charge in [0.25, 0.3) is 17.7 Å². The van der Waals surface area contributed by atoms with E-state index in [9.17, 15) is 43.2 Å². The van der Waals surface area contributed by atoms with E-state index in [1.807, 2.05) is 47.8 Å². The predicted molar refractivity (Wildman–Crippen MR) is 333 cm³/mol. The Morgan fingerprint density at radius 1 is 0.681 bits per heavy atom. The fourth-order valence-corrected chi connectivity index (χ4v) is 12.2. The van der Waals surface area contributed by atoms with E-state index in [1.54, 1.807) is 52.6 Å². The third-order valence-corrected chi connectivity index (χ3v) is 17.2. The van der Waals surface area contributed by atoms with Gasteiger partial charge >= 0.3 is 10.4 Å². The van der Waals surface area contributed by atoms with Crippen molar-refractivity contribution in [3.05, 3.63) is 146 Å². The quantitative estimate of drug-likeness (QED) is 0.0200. The van der Waals surface area contributed by atoms with E-state index in [4.69, 9.17) is 66.5 Å². The van der Waals surface area contributed by atoms with Crippen molar-refractivity contribution < 1.29 is 94.2 Å². The molecule has 1 saturated heterocycles. The Hall–Kier alpha value is -9.27. The molecule has 2 aromatic heterocycles. The van der Waals surface area contributed by atoms with Gasteiger partial charge in [-0.05, 0) is 88.4 Å². The Morgan fingerprint density at radius 3 is 1.78 bits per heavy atom. The van der Waals surface area contributed by atoms with E-state index in [2.05, 4.69) is 15.3 Å². The zero-order valence-electron chi connectivity index (χ0n) is 51.6. The van der Waals surface area contributed by atoms with Gasteiger partial charge in [0.05, 0.1) is 95.1 Å². The van der Waals surface area contributed by atoms with E-state index in [0.717, 1.165) is 34.6 Å². The zero-order valence-corrected chi connectivity index (χ0v) is 52.5. The highest BCUT2D eigenvalue weighted by Crippen LogP contribution is 2.42. The molecular weight excluding hydrogens is 1250 g/mol. The standard InChI is InChI=1S/C63H70N10O20S/c1-70-11-7-39-31-72-41(23-48(39)70)29-66-46-27-53(51(83-3)25-44(46)61(72)79)88-34-36-19-37(35-89-54-28-47-45(26-52(54)84-4)62(80)73-32-40-8-12-71(2)49(40)24-42(73)30-67-47)21-43(20-36)92-94(81,82)93-55-22-38(5-6-50(55)90-63-59(77)58(76)57(75)56(33-74)91-63)60(78)65-9-13-85-15-17-87-18-16-86-14-10-68-69-64/h5-8,11-12,19-22,25-30,41-42,56-59,63,74-77H,9-10,13-18,23-24,31-35H2,1-4H3,(H,65,78)/t41-,42-,56+,57-,58-,59+,63+/m0/s1. The number of nitrogens with one attached hydrogen (secondary N) is 1. The van der Waals surface area contributed by atoms with Gasteiger partial charge in [0.2, 0.25) is 6.29 Å². The molecule has 94 heavy (non-hydrogen) atoms. The first-order valence-electron chi connectivity index (χ1n) is 30.0. The Kier molecular flexibility index (Phi) is 20.7. The monoisotopic (exact) mass is 1320 g/mol. The highest BCUT2D eigenvalue weighted by Gasteiger charge is 2.45. The van der Waals surface area contributed by atoms with Crippen LogP contribution in [0.2, 0.25) is 0 Å². The van der Waals surface area contributed by atoms with E-state index >= 15 is 0 Å². The molecule has 5 aliphatic heterocycles. The number of methoxy groups -OCH3 is 2. The van der Waals surface area contributed by atoms with Gasteiger partial charge in [0, 0.05) is 112 Å². The summed E-state index contributed by atoms with van der Waals surface area (Å²) in [6, 6.07) is 17.4. The van der Waals surface area contributed by atoms with E-state index in [1.165, 1.54) is 32.4 Å². The number of carbonyl (C=O) groups excluding carboxylic acids is 3. The smallest absolute Gasteiger partial charge is 0.493 e. The Balaban J connectivity index is 0.852. The largest absolute Gasteiger partial charge is 0.501 e. The summed E-state index contributed by atoms with van der Waals surface area (Å²) >= 11 is 0. The van der Waals surface area contributed by atoms with Crippen molar-refractivity contribution in [1.82, 2.24) is 24.3 Å². The summed E-state index contributed by atoms with van der Waals surface area (Å²) in [5, 5.41) is 47.9. The van der Waals surface area contributed by atoms with Crippen LogP contribution in [-0.2, 0) is 82.6 Å². The van der Waals surface area contributed by atoms with Crippen LogP contribution in [0.15, 0.2) is 100 Å². The lowest BCUT2D eigenvalue weighted by atomic mass is 9.99. The minimum atomic E-state index is -5.29. The highest BCUT2D eigenvalue weighted by molar-refractivity contribution is 7.82. The summed E-state index contributed by atoms with van der Waals surface area (Å²) in [4.78, 5) is 57.7. The summed E-state index contributed by atoms with van der Waals surface area (Å²) < 4.78 is 96.2. The number of amides is 3. The number of rotatable bonds is 28. The lowest BCUT2D eigenvalue weighted by Gasteiger charge is -2.39. The van der Waals surface area contributed by atoms with E-state index in [0.29, 0.717) is 59.6 Å². The van der Waals surface area contributed by atoms with Crippen molar-refractivity contribution in [3.63, 3.8) is 0 Å². The number of ether oxygens (including phenoxy) is 9. The molecule has 498 valence electrons. The second-order valence-corrected chi connectivity index (χ2v) is 23.6. The molecule has 11 rings (SSSR count). The summed E-state index contributed by atoms with van der Waals surface area (Å²) in [5.74, 6) is -1.89. The molecule has 4 aromatic carbocycles. The number of aliphatic hydroxyl groups excluding tert-OH is 4. The van der Waals surface area contributed by atoms with Crippen LogP contribution in [-0.4, -0.2) is 194 Å². The van der Waals surface area contributed by atoms with Crippen molar-refractivity contribution >= 4 is 51.9 Å². The highest BCUT2D eigenvalue weighted by atomic mass is 32.3. The summed E-state index contributed by atoms with van der Waals surface area (Å²) in [5.41, 5.74) is 14.4. The Morgan fingerprint density at radius 2 is 1.23 bits per heavy atom. The van der Waals surface area contributed by atoms with Crippen molar-refractivity contribution in [3.8, 4) is 40.2 Å². The molecule has 3 amide bonds. The molecule has 0 aliphatic carbocycles. The van der Waals surface area contributed by atoms with Gasteiger partial charge in [-0.1, -0.05) is 5.11 Å². The molecule has 7 heterocycles.